The Bertz CT molecular complexity index is 901. The van der Waals surface area contributed by atoms with E-state index in [0.29, 0.717) is 21.4 Å². The van der Waals surface area contributed by atoms with Crippen LogP contribution in [0.2, 0.25) is 5.02 Å². The van der Waals surface area contributed by atoms with Crippen molar-refractivity contribution in [1.29, 1.82) is 0 Å². The normalized spacial score (nSPS) is 11.2. The molecule has 0 saturated heterocycles. The molecule has 3 aromatic rings. The predicted molar refractivity (Wildman–Crippen MR) is 77.6 cm³/mol. The fourth-order valence-electron chi connectivity index (χ4n) is 2.13. The second-order valence-corrected chi connectivity index (χ2v) is 5.34. The smallest absolute Gasteiger partial charge is 0.178 e. The van der Waals surface area contributed by atoms with Crippen LogP contribution in [-0.2, 0) is 6.54 Å². The van der Waals surface area contributed by atoms with E-state index < -0.39 is 17.5 Å². The zero-order valence-corrected chi connectivity index (χ0v) is 12.0. The summed E-state index contributed by atoms with van der Waals surface area (Å²) in [6, 6.07) is 6.27. The Morgan fingerprint density at radius 1 is 1.05 bits per heavy atom. The molecule has 21 heavy (non-hydrogen) atoms. The SMILES string of the molecule is Fc1ccc(Cn2c(=S)[nH]c3cc(Cl)c(F)cc32)cc1F. The molecule has 2 nitrogen and oxygen atoms in total. The van der Waals surface area contributed by atoms with Crippen LogP contribution in [0.4, 0.5) is 13.2 Å². The van der Waals surface area contributed by atoms with Crippen LogP contribution in [0, 0.1) is 22.2 Å². The molecule has 0 aliphatic carbocycles. The van der Waals surface area contributed by atoms with Crippen LogP contribution in [0.25, 0.3) is 11.0 Å². The van der Waals surface area contributed by atoms with Gasteiger partial charge in [0.2, 0.25) is 0 Å². The van der Waals surface area contributed by atoms with Crippen LogP contribution in [-0.4, -0.2) is 9.55 Å². The molecule has 0 amide bonds. The minimum absolute atomic E-state index is 0.0151. The first-order valence-corrected chi connectivity index (χ1v) is 6.76. The van der Waals surface area contributed by atoms with Crippen molar-refractivity contribution in [2.45, 2.75) is 6.54 Å². The van der Waals surface area contributed by atoms with Gasteiger partial charge in [-0.2, -0.15) is 0 Å². The molecule has 1 heterocycles. The molecule has 0 radical (unpaired) electrons. The highest BCUT2D eigenvalue weighted by Crippen LogP contribution is 2.23. The second kappa shape index (κ2) is 5.20. The predicted octanol–water partition coefficient (Wildman–Crippen LogP) is 4.82. The van der Waals surface area contributed by atoms with Gasteiger partial charge in [0.05, 0.1) is 22.6 Å². The number of benzene rings is 2. The van der Waals surface area contributed by atoms with Gasteiger partial charge in [0, 0.05) is 6.07 Å². The quantitative estimate of drug-likeness (QED) is 0.669. The highest BCUT2D eigenvalue weighted by molar-refractivity contribution is 7.71. The standard InChI is InChI=1S/C14H8ClF3N2S/c15-8-4-12-13(5-10(8)17)20(14(21)19-12)6-7-1-2-9(16)11(18)3-7/h1-5H,6H2,(H,19,21). The van der Waals surface area contributed by atoms with Crippen molar-refractivity contribution in [3.8, 4) is 0 Å². The molecule has 7 heteroatoms. The number of rotatable bonds is 2. The van der Waals surface area contributed by atoms with E-state index >= 15 is 0 Å². The van der Waals surface area contributed by atoms with Crippen molar-refractivity contribution < 1.29 is 13.2 Å². The number of hydrogen-bond acceptors (Lipinski definition) is 1. The number of aromatic nitrogens is 2. The highest BCUT2D eigenvalue weighted by atomic mass is 35.5. The molecule has 0 aliphatic heterocycles. The van der Waals surface area contributed by atoms with Crippen molar-refractivity contribution in [3.63, 3.8) is 0 Å². The molecule has 108 valence electrons. The van der Waals surface area contributed by atoms with Gasteiger partial charge in [0.15, 0.2) is 16.4 Å². The second-order valence-electron chi connectivity index (χ2n) is 4.55. The van der Waals surface area contributed by atoms with E-state index in [0.717, 1.165) is 12.1 Å². The number of H-pyrrole nitrogens is 1. The molecular formula is C14H8ClF3N2S. The van der Waals surface area contributed by atoms with Gasteiger partial charge in [-0.05, 0) is 36.0 Å². The summed E-state index contributed by atoms with van der Waals surface area (Å²) in [6.45, 7) is 0.192. The maximum Gasteiger partial charge on any atom is 0.178 e. The van der Waals surface area contributed by atoms with Crippen molar-refractivity contribution in [2.24, 2.45) is 0 Å². The first kappa shape index (κ1) is 14.2. The van der Waals surface area contributed by atoms with Crippen LogP contribution < -0.4 is 0 Å². The Kier molecular flexibility index (Phi) is 3.51. The zero-order valence-electron chi connectivity index (χ0n) is 10.5. The third-order valence-corrected chi connectivity index (χ3v) is 3.75. The number of aromatic amines is 1. The maximum atomic E-state index is 13.6. The molecule has 3 rings (SSSR count). The van der Waals surface area contributed by atoms with Crippen molar-refractivity contribution in [2.75, 3.05) is 0 Å². The number of nitrogens with one attached hydrogen (secondary N) is 1. The molecule has 2 aromatic carbocycles. The Hall–Kier alpha value is -1.79. The van der Waals surface area contributed by atoms with E-state index in [2.05, 4.69) is 4.98 Å². The van der Waals surface area contributed by atoms with Gasteiger partial charge in [0.1, 0.15) is 5.82 Å². The lowest BCUT2D eigenvalue weighted by atomic mass is 10.2. The van der Waals surface area contributed by atoms with Crippen LogP contribution in [0.15, 0.2) is 30.3 Å². The van der Waals surface area contributed by atoms with Crippen LogP contribution in [0.5, 0.6) is 0 Å². The summed E-state index contributed by atoms with van der Waals surface area (Å²) in [7, 11) is 0. The van der Waals surface area contributed by atoms with Gasteiger partial charge in [-0.25, -0.2) is 13.2 Å². The average Bonchev–Trinajstić information content (AvgIpc) is 2.71. The van der Waals surface area contributed by atoms with Gasteiger partial charge in [-0.15, -0.1) is 0 Å². The van der Waals surface area contributed by atoms with Gasteiger partial charge < -0.3 is 9.55 Å². The lowest BCUT2D eigenvalue weighted by Gasteiger charge is -2.06. The number of imidazole rings is 1. The van der Waals surface area contributed by atoms with E-state index in [1.165, 1.54) is 18.2 Å². The topological polar surface area (TPSA) is 20.7 Å². The summed E-state index contributed by atoms with van der Waals surface area (Å²) in [5.41, 5.74) is 1.60. The number of halogens is 4. The zero-order chi connectivity index (χ0) is 15.1. The largest absolute Gasteiger partial charge is 0.331 e. The molecule has 1 N–H and O–H groups in total. The Morgan fingerprint density at radius 2 is 1.81 bits per heavy atom. The summed E-state index contributed by atoms with van der Waals surface area (Å²) in [5.74, 6) is -2.43. The third kappa shape index (κ3) is 2.56. The minimum Gasteiger partial charge on any atom is -0.331 e. The summed E-state index contributed by atoms with van der Waals surface area (Å²) >= 11 is 10.9. The molecule has 0 unspecified atom stereocenters. The molecule has 0 atom stereocenters. The van der Waals surface area contributed by atoms with E-state index in [1.807, 2.05) is 0 Å². The fraction of sp³-hybridized carbons (Fsp3) is 0.0714. The Labute approximate surface area is 127 Å². The number of fused-ring (bicyclic) bond motifs is 1. The first-order chi connectivity index (χ1) is 9.95. The van der Waals surface area contributed by atoms with Gasteiger partial charge in [-0.3, -0.25) is 0 Å². The molecule has 0 bridgehead atoms. The minimum atomic E-state index is -0.937. The van der Waals surface area contributed by atoms with Crippen molar-refractivity contribution >= 4 is 34.9 Å². The number of hydrogen-bond donors (Lipinski definition) is 1. The van der Waals surface area contributed by atoms with Crippen LogP contribution in [0.3, 0.4) is 0 Å². The molecule has 0 aliphatic rings. The lowest BCUT2D eigenvalue weighted by molar-refractivity contribution is 0.506. The summed E-state index contributed by atoms with van der Waals surface area (Å²) < 4.78 is 41.7. The third-order valence-electron chi connectivity index (χ3n) is 3.14. The summed E-state index contributed by atoms with van der Waals surface area (Å²) in [4.78, 5) is 2.90. The molecule has 0 fully saturated rings. The van der Waals surface area contributed by atoms with E-state index in [1.54, 1.807) is 4.57 Å². The molecule has 1 aromatic heterocycles. The van der Waals surface area contributed by atoms with Gasteiger partial charge >= 0.3 is 0 Å². The molecule has 0 saturated carbocycles. The molecular weight excluding hydrogens is 321 g/mol. The molecule has 0 spiro atoms. The van der Waals surface area contributed by atoms with E-state index in [4.69, 9.17) is 23.8 Å². The van der Waals surface area contributed by atoms with Gasteiger partial charge in [-0.1, -0.05) is 17.7 Å². The Balaban J connectivity index is 2.11. The Morgan fingerprint density at radius 3 is 2.52 bits per heavy atom. The maximum absolute atomic E-state index is 13.6. The fourth-order valence-corrected chi connectivity index (χ4v) is 2.57. The van der Waals surface area contributed by atoms with Crippen molar-refractivity contribution in [1.82, 2.24) is 9.55 Å². The van der Waals surface area contributed by atoms with Gasteiger partial charge in [0.25, 0.3) is 0 Å². The summed E-state index contributed by atoms with van der Waals surface area (Å²) in [6.07, 6.45) is 0. The monoisotopic (exact) mass is 328 g/mol. The average molecular weight is 329 g/mol. The van der Waals surface area contributed by atoms with Crippen LogP contribution >= 0.6 is 23.8 Å². The van der Waals surface area contributed by atoms with Crippen molar-refractivity contribution in [3.05, 3.63) is 63.1 Å². The lowest BCUT2D eigenvalue weighted by Crippen LogP contribution is -2.01. The first-order valence-electron chi connectivity index (χ1n) is 5.97. The highest BCUT2D eigenvalue weighted by Gasteiger charge is 2.10. The van der Waals surface area contributed by atoms with Crippen LogP contribution in [0.1, 0.15) is 5.56 Å². The number of nitrogens with zero attached hydrogens (tertiary/aromatic N) is 1. The summed E-state index contributed by atoms with van der Waals surface area (Å²) in [5, 5.41) is -0.0151. The van der Waals surface area contributed by atoms with E-state index in [9.17, 15) is 13.2 Å². The van der Waals surface area contributed by atoms with E-state index in [-0.39, 0.29) is 11.6 Å².